The van der Waals surface area contributed by atoms with Gasteiger partial charge >= 0.3 is 0 Å². The maximum atomic E-state index is 5.86. The molecule has 0 fully saturated rings. The summed E-state index contributed by atoms with van der Waals surface area (Å²) in [7, 11) is 0. The smallest absolute Gasteiger partial charge is 0.159 e. The summed E-state index contributed by atoms with van der Waals surface area (Å²) in [6.45, 7) is 9.11. The molecular weight excluding hydrogens is 392 g/mol. The van der Waals surface area contributed by atoms with Crippen molar-refractivity contribution in [3.8, 4) is 11.4 Å². The molecule has 3 nitrogen and oxygen atoms in total. The lowest BCUT2D eigenvalue weighted by molar-refractivity contribution is 0.0566. The molecular formula is C29H36N2O. The monoisotopic (exact) mass is 428 g/mol. The topological polar surface area (TPSA) is 35.0 Å². The summed E-state index contributed by atoms with van der Waals surface area (Å²) >= 11 is 0. The average Bonchev–Trinajstić information content (AvgIpc) is 2.82. The van der Waals surface area contributed by atoms with Crippen LogP contribution in [0.3, 0.4) is 0 Å². The first kappa shape index (κ1) is 23.9. The van der Waals surface area contributed by atoms with Crippen LogP contribution in [0.15, 0.2) is 67.5 Å². The molecule has 0 aliphatic rings. The highest BCUT2D eigenvalue weighted by atomic mass is 16.5. The van der Waals surface area contributed by atoms with Gasteiger partial charge in [-0.2, -0.15) is 0 Å². The minimum Gasteiger partial charge on any atom is -0.379 e. The zero-order valence-corrected chi connectivity index (χ0v) is 19.6. The number of allylic oxidation sites excluding steroid dienone is 2. The molecule has 0 spiro atoms. The Morgan fingerprint density at radius 1 is 1.00 bits per heavy atom. The van der Waals surface area contributed by atoms with E-state index in [4.69, 9.17) is 4.74 Å². The van der Waals surface area contributed by atoms with E-state index < -0.39 is 0 Å². The Labute approximate surface area is 193 Å². The van der Waals surface area contributed by atoms with Crippen molar-refractivity contribution in [3.63, 3.8) is 0 Å². The van der Waals surface area contributed by atoms with Gasteiger partial charge in [0.25, 0.3) is 0 Å². The molecule has 168 valence electrons. The molecule has 0 radical (unpaired) electrons. The maximum Gasteiger partial charge on any atom is 0.159 e. The van der Waals surface area contributed by atoms with Gasteiger partial charge in [0.2, 0.25) is 0 Å². The van der Waals surface area contributed by atoms with E-state index in [0.717, 1.165) is 49.2 Å². The van der Waals surface area contributed by atoms with Gasteiger partial charge in [-0.25, -0.2) is 9.97 Å². The Hall–Kier alpha value is -2.78. The largest absolute Gasteiger partial charge is 0.379 e. The van der Waals surface area contributed by atoms with Gasteiger partial charge in [0.05, 0.1) is 6.10 Å². The molecule has 0 saturated carbocycles. The molecule has 0 N–H and O–H groups in total. The molecule has 3 aromatic rings. The molecule has 0 saturated heterocycles. The highest BCUT2D eigenvalue weighted by Gasteiger charge is 2.04. The Balaban J connectivity index is 1.49. The number of hydrogen-bond donors (Lipinski definition) is 0. The van der Waals surface area contributed by atoms with Gasteiger partial charge in [-0.05, 0) is 61.4 Å². The molecule has 0 amide bonds. The molecule has 1 heterocycles. The SMILES string of the molecule is C=CCc1ccc2cc(-c3ncc(C=CCCCC(C)OCCCCC)cn3)ccc2c1. The van der Waals surface area contributed by atoms with E-state index in [1.165, 1.54) is 35.6 Å². The molecule has 0 bridgehead atoms. The molecule has 0 aliphatic heterocycles. The quantitative estimate of drug-likeness (QED) is 0.206. The standard InChI is InChI=1S/C29H36N2O/c1-4-6-10-18-32-23(3)12-8-7-9-13-25-21-30-29(31-22-25)28-17-16-26-19-24(11-5-2)14-15-27(26)20-28/h5,9,13-17,19-23H,2,4,6-8,10-12,18H2,1,3H3. The zero-order chi connectivity index (χ0) is 22.6. The summed E-state index contributed by atoms with van der Waals surface area (Å²) in [5.41, 5.74) is 3.35. The zero-order valence-electron chi connectivity index (χ0n) is 19.6. The highest BCUT2D eigenvalue weighted by molar-refractivity contribution is 5.87. The number of rotatable bonds is 13. The lowest BCUT2D eigenvalue weighted by Gasteiger charge is -2.11. The van der Waals surface area contributed by atoms with Crippen molar-refractivity contribution in [1.82, 2.24) is 9.97 Å². The number of fused-ring (bicyclic) bond motifs is 1. The van der Waals surface area contributed by atoms with Crippen LogP contribution in [0.25, 0.3) is 28.2 Å². The van der Waals surface area contributed by atoms with E-state index in [-0.39, 0.29) is 0 Å². The van der Waals surface area contributed by atoms with Crippen LogP contribution >= 0.6 is 0 Å². The predicted octanol–water partition coefficient (Wildman–Crippen LogP) is 7.80. The van der Waals surface area contributed by atoms with Gasteiger partial charge in [0.1, 0.15) is 0 Å². The summed E-state index contributed by atoms with van der Waals surface area (Å²) in [6.07, 6.45) is 18.2. The average molecular weight is 429 g/mol. The van der Waals surface area contributed by atoms with Crippen LogP contribution in [0, 0.1) is 0 Å². The fourth-order valence-corrected chi connectivity index (χ4v) is 3.76. The van der Waals surface area contributed by atoms with Crippen molar-refractivity contribution in [1.29, 1.82) is 0 Å². The van der Waals surface area contributed by atoms with Gasteiger partial charge in [0, 0.05) is 30.1 Å². The van der Waals surface area contributed by atoms with Gasteiger partial charge in [-0.1, -0.05) is 68.3 Å². The van der Waals surface area contributed by atoms with E-state index in [2.05, 4.69) is 78.9 Å². The summed E-state index contributed by atoms with van der Waals surface area (Å²) in [6, 6.07) is 12.9. The van der Waals surface area contributed by atoms with Crippen LogP contribution in [0.1, 0.15) is 63.5 Å². The second-order valence-electron chi connectivity index (χ2n) is 8.45. The van der Waals surface area contributed by atoms with Crippen molar-refractivity contribution in [3.05, 3.63) is 78.6 Å². The van der Waals surface area contributed by atoms with Crippen molar-refractivity contribution in [2.45, 2.75) is 64.9 Å². The first-order chi connectivity index (χ1) is 15.7. The Morgan fingerprint density at radius 3 is 2.56 bits per heavy atom. The minimum atomic E-state index is 0.346. The Kier molecular flexibility index (Phi) is 9.64. The summed E-state index contributed by atoms with van der Waals surface area (Å²) in [5, 5.41) is 2.43. The van der Waals surface area contributed by atoms with Crippen LogP contribution in [-0.2, 0) is 11.2 Å². The minimum absolute atomic E-state index is 0.346. The first-order valence-electron chi connectivity index (χ1n) is 11.9. The number of unbranched alkanes of at least 4 members (excludes halogenated alkanes) is 3. The molecule has 0 aliphatic carbocycles. The second-order valence-corrected chi connectivity index (χ2v) is 8.45. The lowest BCUT2D eigenvalue weighted by atomic mass is 10.0. The van der Waals surface area contributed by atoms with E-state index in [0.29, 0.717) is 6.10 Å². The summed E-state index contributed by atoms with van der Waals surface area (Å²) < 4.78 is 5.86. The summed E-state index contributed by atoms with van der Waals surface area (Å²) in [4.78, 5) is 9.17. The van der Waals surface area contributed by atoms with E-state index in [1.807, 2.05) is 18.5 Å². The first-order valence-corrected chi connectivity index (χ1v) is 11.9. The Morgan fingerprint density at radius 2 is 1.78 bits per heavy atom. The van der Waals surface area contributed by atoms with E-state index >= 15 is 0 Å². The third-order valence-corrected chi connectivity index (χ3v) is 5.66. The molecule has 2 aromatic carbocycles. The molecule has 1 unspecified atom stereocenters. The number of benzene rings is 2. The van der Waals surface area contributed by atoms with Crippen LogP contribution < -0.4 is 0 Å². The third kappa shape index (κ3) is 7.42. The van der Waals surface area contributed by atoms with Crippen LogP contribution in [-0.4, -0.2) is 22.7 Å². The molecule has 3 heteroatoms. The second kappa shape index (κ2) is 12.9. The number of nitrogens with zero attached hydrogens (tertiary/aromatic N) is 2. The normalized spacial score (nSPS) is 12.4. The van der Waals surface area contributed by atoms with Gasteiger partial charge in [0.15, 0.2) is 5.82 Å². The van der Waals surface area contributed by atoms with Crippen LogP contribution in [0.2, 0.25) is 0 Å². The van der Waals surface area contributed by atoms with Crippen LogP contribution in [0.5, 0.6) is 0 Å². The maximum absolute atomic E-state index is 5.86. The fourth-order valence-electron chi connectivity index (χ4n) is 3.76. The molecule has 1 aromatic heterocycles. The van der Waals surface area contributed by atoms with Crippen LogP contribution in [0.4, 0.5) is 0 Å². The highest BCUT2D eigenvalue weighted by Crippen LogP contribution is 2.23. The third-order valence-electron chi connectivity index (χ3n) is 5.66. The van der Waals surface area contributed by atoms with Crippen molar-refractivity contribution in [2.24, 2.45) is 0 Å². The van der Waals surface area contributed by atoms with Gasteiger partial charge < -0.3 is 4.74 Å². The number of aromatic nitrogens is 2. The van der Waals surface area contributed by atoms with Crippen molar-refractivity contribution < 1.29 is 4.74 Å². The lowest BCUT2D eigenvalue weighted by Crippen LogP contribution is -2.08. The summed E-state index contributed by atoms with van der Waals surface area (Å²) in [5.74, 6) is 0.758. The predicted molar refractivity (Wildman–Crippen MR) is 137 cm³/mol. The van der Waals surface area contributed by atoms with Crippen molar-refractivity contribution in [2.75, 3.05) is 6.61 Å². The van der Waals surface area contributed by atoms with Gasteiger partial charge in [-0.15, -0.1) is 6.58 Å². The van der Waals surface area contributed by atoms with E-state index in [9.17, 15) is 0 Å². The Bertz CT molecular complexity index is 1010. The fraction of sp³-hybridized carbons (Fsp3) is 0.379. The number of hydrogen-bond acceptors (Lipinski definition) is 3. The molecule has 3 rings (SSSR count). The molecule has 1 atom stereocenters. The van der Waals surface area contributed by atoms with Crippen molar-refractivity contribution >= 4 is 16.8 Å². The number of ether oxygens (including phenoxy) is 1. The van der Waals surface area contributed by atoms with Gasteiger partial charge in [-0.3, -0.25) is 0 Å². The van der Waals surface area contributed by atoms with E-state index in [1.54, 1.807) is 0 Å². The molecule has 32 heavy (non-hydrogen) atoms.